The van der Waals surface area contributed by atoms with Crippen molar-refractivity contribution in [2.75, 3.05) is 5.32 Å². The van der Waals surface area contributed by atoms with Crippen molar-refractivity contribution in [2.45, 2.75) is 58.8 Å². The molecule has 1 saturated heterocycles. The van der Waals surface area contributed by atoms with Crippen LogP contribution >= 0.6 is 0 Å². The molecule has 3 aromatic carbocycles. The Morgan fingerprint density at radius 2 is 1.68 bits per heavy atom. The number of carbonyl (C=O) groups excluding carboxylic acids is 3. The molecule has 192 valence electrons. The van der Waals surface area contributed by atoms with Crippen molar-refractivity contribution >= 4 is 23.6 Å². The highest BCUT2D eigenvalue weighted by Gasteiger charge is 2.47. The minimum Gasteiger partial charge on any atom is -0.438 e. The summed E-state index contributed by atoms with van der Waals surface area (Å²) in [6, 6.07) is 21.4. The molecular formula is C30H33N3O4. The van der Waals surface area contributed by atoms with Gasteiger partial charge in [0.1, 0.15) is 0 Å². The standard InChI is InChI=1S/C30H33N3O4/c1-5-21(4)31-29(35)26-27(37-30(36)33(26)18-22-11-9-19(2)10-12-22)23-13-15-25(16-14-23)32-28(34)24-8-6-7-20(3)17-24/h6-17,21,26-27H,5,18H2,1-4H3,(H,31,35)(H,32,34)/t21-,26-,27+/m0/s1. The van der Waals surface area contributed by atoms with Gasteiger partial charge in [0.25, 0.3) is 5.91 Å². The average molecular weight is 500 g/mol. The average Bonchev–Trinajstić information content (AvgIpc) is 3.21. The molecular weight excluding hydrogens is 466 g/mol. The van der Waals surface area contributed by atoms with Gasteiger partial charge in [-0.15, -0.1) is 0 Å². The van der Waals surface area contributed by atoms with Crippen LogP contribution in [0.2, 0.25) is 0 Å². The zero-order valence-corrected chi connectivity index (χ0v) is 21.7. The molecule has 3 aromatic rings. The summed E-state index contributed by atoms with van der Waals surface area (Å²) >= 11 is 0. The molecule has 0 radical (unpaired) electrons. The maximum absolute atomic E-state index is 13.4. The number of rotatable bonds is 8. The fourth-order valence-electron chi connectivity index (χ4n) is 4.28. The normalized spacial score (nSPS) is 17.7. The number of nitrogens with one attached hydrogen (secondary N) is 2. The van der Waals surface area contributed by atoms with Gasteiger partial charge in [-0.2, -0.15) is 0 Å². The van der Waals surface area contributed by atoms with E-state index in [-0.39, 0.29) is 24.4 Å². The van der Waals surface area contributed by atoms with Crippen LogP contribution in [0.25, 0.3) is 0 Å². The van der Waals surface area contributed by atoms with Crippen molar-refractivity contribution < 1.29 is 19.1 Å². The van der Waals surface area contributed by atoms with Crippen molar-refractivity contribution in [3.63, 3.8) is 0 Å². The first-order chi connectivity index (χ1) is 17.7. The Balaban J connectivity index is 1.55. The van der Waals surface area contributed by atoms with Gasteiger partial charge in [-0.3, -0.25) is 14.5 Å². The minimum atomic E-state index is -0.824. The number of hydrogen-bond donors (Lipinski definition) is 2. The minimum absolute atomic E-state index is 0.0377. The van der Waals surface area contributed by atoms with E-state index < -0.39 is 18.2 Å². The van der Waals surface area contributed by atoms with Crippen LogP contribution in [0.4, 0.5) is 10.5 Å². The Morgan fingerprint density at radius 3 is 2.32 bits per heavy atom. The van der Waals surface area contributed by atoms with Crippen molar-refractivity contribution in [3.05, 3.63) is 101 Å². The Morgan fingerprint density at radius 1 is 0.973 bits per heavy atom. The van der Waals surface area contributed by atoms with Gasteiger partial charge in [-0.25, -0.2) is 4.79 Å². The maximum atomic E-state index is 13.4. The molecule has 0 aliphatic carbocycles. The molecule has 1 aliphatic heterocycles. The van der Waals surface area contributed by atoms with Gasteiger partial charge in [0, 0.05) is 17.3 Å². The van der Waals surface area contributed by atoms with Gasteiger partial charge >= 0.3 is 6.09 Å². The maximum Gasteiger partial charge on any atom is 0.411 e. The molecule has 0 saturated carbocycles. The summed E-state index contributed by atoms with van der Waals surface area (Å²) in [6.07, 6.45) is -0.541. The fourth-order valence-corrected chi connectivity index (χ4v) is 4.28. The van der Waals surface area contributed by atoms with Gasteiger partial charge in [-0.1, -0.05) is 66.6 Å². The van der Waals surface area contributed by atoms with Crippen molar-refractivity contribution in [3.8, 4) is 0 Å². The molecule has 2 N–H and O–H groups in total. The quantitative estimate of drug-likeness (QED) is 0.426. The van der Waals surface area contributed by atoms with E-state index in [1.807, 2.05) is 70.2 Å². The summed E-state index contributed by atoms with van der Waals surface area (Å²) in [5, 5.41) is 5.90. The van der Waals surface area contributed by atoms with Crippen LogP contribution in [0.1, 0.15) is 59.0 Å². The van der Waals surface area contributed by atoms with Crippen molar-refractivity contribution in [2.24, 2.45) is 0 Å². The van der Waals surface area contributed by atoms with E-state index >= 15 is 0 Å². The van der Waals surface area contributed by atoms with Crippen LogP contribution in [0.5, 0.6) is 0 Å². The third kappa shape index (κ3) is 6.17. The zero-order chi connectivity index (χ0) is 26.5. The third-order valence-electron chi connectivity index (χ3n) is 6.61. The largest absolute Gasteiger partial charge is 0.438 e. The number of nitrogens with zero attached hydrogens (tertiary/aromatic N) is 1. The highest BCUT2D eigenvalue weighted by atomic mass is 16.6. The SMILES string of the molecule is CC[C@H](C)NC(=O)[C@@H]1[C@@H](c2ccc(NC(=O)c3cccc(C)c3)cc2)OC(=O)N1Cc1ccc(C)cc1. The van der Waals surface area contributed by atoms with E-state index in [1.165, 1.54) is 4.90 Å². The monoisotopic (exact) mass is 499 g/mol. The highest BCUT2D eigenvalue weighted by Crippen LogP contribution is 2.34. The molecule has 7 heteroatoms. The van der Waals surface area contributed by atoms with E-state index in [9.17, 15) is 14.4 Å². The summed E-state index contributed by atoms with van der Waals surface area (Å²) in [6.45, 7) is 8.12. The first-order valence-electron chi connectivity index (χ1n) is 12.6. The Labute approximate surface area is 217 Å². The van der Waals surface area contributed by atoms with E-state index in [0.29, 0.717) is 16.8 Å². The number of cyclic esters (lactones) is 1. The lowest BCUT2D eigenvalue weighted by Crippen LogP contribution is -2.48. The molecule has 3 atom stereocenters. The molecule has 1 fully saturated rings. The zero-order valence-electron chi connectivity index (χ0n) is 21.7. The van der Waals surface area contributed by atoms with Crippen LogP contribution in [-0.4, -0.2) is 34.9 Å². The number of benzene rings is 3. The molecule has 0 spiro atoms. The molecule has 0 aromatic heterocycles. The predicted molar refractivity (Wildman–Crippen MR) is 143 cm³/mol. The topological polar surface area (TPSA) is 87.7 Å². The van der Waals surface area contributed by atoms with E-state index in [4.69, 9.17) is 4.74 Å². The van der Waals surface area contributed by atoms with E-state index in [1.54, 1.807) is 30.3 Å². The van der Waals surface area contributed by atoms with Crippen LogP contribution in [-0.2, 0) is 16.1 Å². The molecule has 7 nitrogen and oxygen atoms in total. The molecule has 1 heterocycles. The van der Waals surface area contributed by atoms with Crippen LogP contribution in [0.15, 0.2) is 72.8 Å². The molecule has 0 unspecified atom stereocenters. The summed E-state index contributed by atoms with van der Waals surface area (Å²) in [5.41, 5.74) is 4.89. The highest BCUT2D eigenvalue weighted by molar-refractivity contribution is 6.04. The third-order valence-corrected chi connectivity index (χ3v) is 6.61. The number of amides is 3. The van der Waals surface area contributed by atoms with Crippen LogP contribution < -0.4 is 10.6 Å². The molecule has 4 rings (SSSR count). The second-order valence-corrected chi connectivity index (χ2v) is 9.63. The van der Waals surface area contributed by atoms with E-state index in [2.05, 4.69) is 10.6 Å². The number of carbonyl (C=O) groups is 3. The number of hydrogen-bond acceptors (Lipinski definition) is 4. The number of ether oxygens (including phenoxy) is 1. The summed E-state index contributed by atoms with van der Waals surface area (Å²) in [7, 11) is 0. The van der Waals surface area contributed by atoms with Gasteiger partial charge in [0.15, 0.2) is 12.1 Å². The smallest absolute Gasteiger partial charge is 0.411 e. The van der Waals surface area contributed by atoms with Gasteiger partial charge in [-0.05, 0) is 62.6 Å². The lowest BCUT2D eigenvalue weighted by molar-refractivity contribution is -0.127. The summed E-state index contributed by atoms with van der Waals surface area (Å²) < 4.78 is 5.75. The van der Waals surface area contributed by atoms with Crippen LogP contribution in [0.3, 0.4) is 0 Å². The van der Waals surface area contributed by atoms with Gasteiger partial charge in [0.2, 0.25) is 5.91 Å². The lowest BCUT2D eigenvalue weighted by Gasteiger charge is -2.25. The molecule has 1 aliphatic rings. The summed E-state index contributed by atoms with van der Waals surface area (Å²) in [4.78, 5) is 40.4. The fraction of sp³-hybridized carbons (Fsp3) is 0.300. The first-order valence-corrected chi connectivity index (χ1v) is 12.6. The second kappa shape index (κ2) is 11.3. The molecule has 0 bridgehead atoms. The Kier molecular flexibility index (Phi) is 7.92. The number of anilines is 1. The van der Waals surface area contributed by atoms with Crippen molar-refractivity contribution in [1.29, 1.82) is 0 Å². The molecule has 37 heavy (non-hydrogen) atoms. The first kappa shape index (κ1) is 25.9. The van der Waals surface area contributed by atoms with Crippen LogP contribution in [0, 0.1) is 13.8 Å². The lowest BCUT2D eigenvalue weighted by atomic mass is 9.99. The van der Waals surface area contributed by atoms with Gasteiger partial charge in [0.05, 0.1) is 6.54 Å². The van der Waals surface area contributed by atoms with Gasteiger partial charge < -0.3 is 15.4 Å². The Hall–Kier alpha value is -4.13. The Bertz CT molecular complexity index is 1270. The van der Waals surface area contributed by atoms with Crippen molar-refractivity contribution in [1.82, 2.24) is 10.2 Å². The number of aryl methyl sites for hydroxylation is 2. The second-order valence-electron chi connectivity index (χ2n) is 9.63. The predicted octanol–water partition coefficient (Wildman–Crippen LogP) is 5.53. The van der Waals surface area contributed by atoms with E-state index in [0.717, 1.165) is 23.1 Å². The summed E-state index contributed by atoms with van der Waals surface area (Å²) in [5.74, 6) is -0.465. The molecule has 3 amide bonds.